The van der Waals surface area contributed by atoms with Crippen LogP contribution in [0.4, 0.5) is 5.69 Å². The van der Waals surface area contributed by atoms with Crippen molar-refractivity contribution >= 4 is 16.7 Å². The number of phenolic OH excluding ortho intramolecular Hbond substituents is 1. The zero-order valence-corrected chi connectivity index (χ0v) is 10.3. The molecule has 0 radical (unpaired) electrons. The maximum absolute atomic E-state index is 9.82. The third-order valence-corrected chi connectivity index (χ3v) is 3.19. The molecule has 0 bridgehead atoms. The standard InChI is InChI=1S/C16H11NO2/c1-10-3-4-11(8-15(10)18)14-9-13(17-2)7-12-5-6-19-16(12)14/h3-9,18H,1H3. The lowest BCUT2D eigenvalue weighted by molar-refractivity contribution is 0.471. The van der Waals surface area contributed by atoms with E-state index in [9.17, 15) is 5.11 Å². The first-order chi connectivity index (χ1) is 9.19. The summed E-state index contributed by atoms with van der Waals surface area (Å²) in [7, 11) is 0. The summed E-state index contributed by atoms with van der Waals surface area (Å²) in [6.07, 6.45) is 1.61. The van der Waals surface area contributed by atoms with Crippen molar-refractivity contribution in [2.24, 2.45) is 0 Å². The second kappa shape index (κ2) is 4.18. The van der Waals surface area contributed by atoms with Crippen LogP contribution in [0, 0.1) is 13.5 Å². The van der Waals surface area contributed by atoms with Crippen LogP contribution in [0.25, 0.3) is 26.9 Å². The number of nitrogens with zero attached hydrogens (tertiary/aromatic N) is 1. The van der Waals surface area contributed by atoms with Crippen LogP contribution in [0.3, 0.4) is 0 Å². The number of benzene rings is 2. The molecular weight excluding hydrogens is 238 g/mol. The molecule has 0 unspecified atom stereocenters. The van der Waals surface area contributed by atoms with E-state index >= 15 is 0 Å². The minimum Gasteiger partial charge on any atom is -0.508 e. The van der Waals surface area contributed by atoms with Crippen molar-refractivity contribution in [3.8, 4) is 16.9 Å². The number of phenols is 1. The molecule has 3 rings (SSSR count). The summed E-state index contributed by atoms with van der Waals surface area (Å²) < 4.78 is 5.49. The Morgan fingerprint density at radius 1 is 1.16 bits per heavy atom. The number of hydrogen-bond acceptors (Lipinski definition) is 2. The molecule has 1 N–H and O–H groups in total. The van der Waals surface area contributed by atoms with Crippen molar-refractivity contribution in [2.45, 2.75) is 6.92 Å². The molecule has 0 aliphatic carbocycles. The number of aryl methyl sites for hydroxylation is 1. The Morgan fingerprint density at radius 3 is 2.74 bits per heavy atom. The minimum absolute atomic E-state index is 0.241. The fraction of sp³-hybridized carbons (Fsp3) is 0.0625. The molecule has 0 fully saturated rings. The number of aromatic hydroxyl groups is 1. The first kappa shape index (κ1) is 11.4. The van der Waals surface area contributed by atoms with Crippen molar-refractivity contribution < 1.29 is 9.52 Å². The maximum atomic E-state index is 9.82. The molecule has 1 heterocycles. The zero-order valence-electron chi connectivity index (χ0n) is 10.3. The lowest BCUT2D eigenvalue weighted by Gasteiger charge is -2.06. The lowest BCUT2D eigenvalue weighted by Crippen LogP contribution is -1.81. The topological polar surface area (TPSA) is 37.7 Å². The minimum atomic E-state index is 0.241. The predicted octanol–water partition coefficient (Wildman–Crippen LogP) is 4.66. The summed E-state index contributed by atoms with van der Waals surface area (Å²) in [5.41, 5.74) is 3.78. The van der Waals surface area contributed by atoms with Gasteiger partial charge in [-0.3, -0.25) is 0 Å². The van der Waals surface area contributed by atoms with Gasteiger partial charge in [-0.2, -0.15) is 0 Å². The first-order valence-corrected chi connectivity index (χ1v) is 5.88. The Hall–Kier alpha value is -2.73. The van der Waals surface area contributed by atoms with Crippen LogP contribution >= 0.6 is 0 Å². The molecule has 3 aromatic rings. The Bertz CT molecular complexity index is 809. The van der Waals surface area contributed by atoms with Crippen LogP contribution < -0.4 is 0 Å². The van der Waals surface area contributed by atoms with E-state index in [4.69, 9.17) is 11.0 Å². The molecule has 0 aliphatic heterocycles. The highest BCUT2D eigenvalue weighted by Gasteiger charge is 2.10. The molecule has 0 atom stereocenters. The largest absolute Gasteiger partial charge is 0.508 e. The van der Waals surface area contributed by atoms with Crippen LogP contribution in [0.1, 0.15) is 5.56 Å². The van der Waals surface area contributed by atoms with Crippen molar-refractivity contribution in [1.29, 1.82) is 0 Å². The fourth-order valence-corrected chi connectivity index (χ4v) is 2.12. The van der Waals surface area contributed by atoms with E-state index in [-0.39, 0.29) is 5.75 Å². The molecule has 0 spiro atoms. The summed E-state index contributed by atoms with van der Waals surface area (Å²) >= 11 is 0. The van der Waals surface area contributed by atoms with E-state index in [1.165, 1.54) is 0 Å². The molecule has 2 aromatic carbocycles. The van der Waals surface area contributed by atoms with Crippen molar-refractivity contribution in [3.63, 3.8) is 0 Å². The van der Waals surface area contributed by atoms with Gasteiger partial charge < -0.3 is 9.52 Å². The van der Waals surface area contributed by atoms with E-state index in [2.05, 4.69) is 4.85 Å². The molecule has 1 aromatic heterocycles. The van der Waals surface area contributed by atoms with Gasteiger partial charge in [0.05, 0.1) is 12.8 Å². The highest BCUT2D eigenvalue weighted by Crippen LogP contribution is 2.35. The predicted molar refractivity (Wildman–Crippen MR) is 74.3 cm³/mol. The lowest BCUT2D eigenvalue weighted by atomic mass is 10.0. The molecule has 0 aliphatic rings. The second-order valence-corrected chi connectivity index (χ2v) is 4.45. The molecule has 92 valence electrons. The molecule has 0 amide bonds. The van der Waals surface area contributed by atoms with Crippen molar-refractivity contribution in [2.75, 3.05) is 0 Å². The molecule has 0 saturated heterocycles. The zero-order chi connectivity index (χ0) is 13.4. The van der Waals surface area contributed by atoms with Crippen LogP contribution in [0.15, 0.2) is 47.1 Å². The third kappa shape index (κ3) is 1.84. The molecule has 3 heteroatoms. The Labute approximate surface area is 110 Å². The number of fused-ring (bicyclic) bond motifs is 1. The van der Waals surface area contributed by atoms with Gasteiger partial charge in [0.25, 0.3) is 0 Å². The third-order valence-electron chi connectivity index (χ3n) is 3.19. The van der Waals surface area contributed by atoms with Gasteiger partial charge in [0, 0.05) is 10.9 Å². The smallest absolute Gasteiger partial charge is 0.188 e. The van der Waals surface area contributed by atoms with E-state index in [1.54, 1.807) is 24.5 Å². The molecule has 3 nitrogen and oxygen atoms in total. The normalized spacial score (nSPS) is 10.5. The fourth-order valence-electron chi connectivity index (χ4n) is 2.12. The van der Waals surface area contributed by atoms with Gasteiger partial charge in [0.2, 0.25) is 0 Å². The molecular formula is C16H11NO2. The second-order valence-electron chi connectivity index (χ2n) is 4.45. The van der Waals surface area contributed by atoms with Gasteiger partial charge in [0.15, 0.2) is 5.69 Å². The Morgan fingerprint density at radius 2 is 2.00 bits per heavy atom. The first-order valence-electron chi connectivity index (χ1n) is 5.88. The monoisotopic (exact) mass is 249 g/mol. The summed E-state index contributed by atoms with van der Waals surface area (Å²) in [5.74, 6) is 0.241. The number of rotatable bonds is 1. The van der Waals surface area contributed by atoms with Crippen LogP contribution in [-0.2, 0) is 0 Å². The summed E-state index contributed by atoms with van der Waals surface area (Å²) in [6.45, 7) is 9.00. The SMILES string of the molecule is [C-]#[N+]c1cc(-c2ccc(C)c(O)c2)c2occc2c1. The summed E-state index contributed by atoms with van der Waals surface area (Å²) in [4.78, 5) is 3.47. The van der Waals surface area contributed by atoms with E-state index < -0.39 is 0 Å². The Kier molecular flexibility index (Phi) is 2.50. The van der Waals surface area contributed by atoms with Gasteiger partial charge in [-0.05, 0) is 42.3 Å². The number of furan rings is 1. The maximum Gasteiger partial charge on any atom is 0.188 e. The summed E-state index contributed by atoms with van der Waals surface area (Å²) in [6, 6.07) is 10.9. The van der Waals surface area contributed by atoms with E-state index in [1.807, 2.05) is 25.1 Å². The van der Waals surface area contributed by atoms with E-state index in [0.29, 0.717) is 5.69 Å². The highest BCUT2D eigenvalue weighted by molar-refractivity contribution is 5.95. The quantitative estimate of drug-likeness (QED) is 0.636. The van der Waals surface area contributed by atoms with Gasteiger partial charge in [-0.25, -0.2) is 4.85 Å². The van der Waals surface area contributed by atoms with Gasteiger partial charge in [0.1, 0.15) is 11.3 Å². The average Bonchev–Trinajstić information content (AvgIpc) is 2.89. The number of hydrogen-bond donors (Lipinski definition) is 1. The molecule has 19 heavy (non-hydrogen) atoms. The summed E-state index contributed by atoms with van der Waals surface area (Å²) in [5, 5.41) is 10.7. The van der Waals surface area contributed by atoms with Gasteiger partial charge >= 0.3 is 0 Å². The average molecular weight is 249 g/mol. The van der Waals surface area contributed by atoms with Crippen LogP contribution in [0.2, 0.25) is 0 Å². The van der Waals surface area contributed by atoms with Crippen LogP contribution in [-0.4, -0.2) is 5.11 Å². The van der Waals surface area contributed by atoms with Crippen molar-refractivity contribution in [3.05, 3.63) is 59.6 Å². The highest BCUT2D eigenvalue weighted by atomic mass is 16.3. The van der Waals surface area contributed by atoms with Crippen LogP contribution in [0.5, 0.6) is 5.75 Å². The van der Waals surface area contributed by atoms with E-state index in [0.717, 1.165) is 27.7 Å². The molecule has 0 saturated carbocycles. The Balaban J connectivity index is 2.31. The van der Waals surface area contributed by atoms with Crippen molar-refractivity contribution in [1.82, 2.24) is 0 Å². The van der Waals surface area contributed by atoms with Gasteiger partial charge in [-0.1, -0.05) is 12.1 Å². The van der Waals surface area contributed by atoms with Gasteiger partial charge in [-0.15, -0.1) is 0 Å².